The van der Waals surface area contributed by atoms with Gasteiger partial charge in [-0.2, -0.15) is 11.3 Å². The summed E-state index contributed by atoms with van der Waals surface area (Å²) in [5.74, 6) is 1.66. The van der Waals surface area contributed by atoms with Crippen LogP contribution in [0.3, 0.4) is 0 Å². The Bertz CT molecular complexity index is 497. The first-order chi connectivity index (χ1) is 9.28. The third-order valence-corrected chi connectivity index (χ3v) is 3.40. The zero-order valence-electron chi connectivity index (χ0n) is 10.9. The summed E-state index contributed by atoms with van der Waals surface area (Å²) in [6.07, 6.45) is 0. The van der Waals surface area contributed by atoms with Gasteiger partial charge in [0.05, 0.1) is 20.8 Å². The molecule has 0 fully saturated rings. The third-order valence-electron chi connectivity index (χ3n) is 2.67. The highest BCUT2D eigenvalue weighted by atomic mass is 32.1. The Morgan fingerprint density at radius 3 is 2.26 bits per heavy atom. The van der Waals surface area contributed by atoms with Crippen molar-refractivity contribution < 1.29 is 19.3 Å². The summed E-state index contributed by atoms with van der Waals surface area (Å²) in [5.41, 5.74) is 1.82. The van der Waals surface area contributed by atoms with Crippen LogP contribution in [-0.4, -0.2) is 19.3 Å². The smallest absolute Gasteiger partial charge is 0.203 e. The van der Waals surface area contributed by atoms with Crippen LogP contribution in [0.4, 0.5) is 0 Å². The van der Waals surface area contributed by atoms with E-state index in [0.717, 1.165) is 11.1 Å². The van der Waals surface area contributed by atoms with Gasteiger partial charge in [0.15, 0.2) is 11.5 Å². The number of thiophene rings is 1. The Kier molecular flexibility index (Phi) is 4.65. The normalized spacial score (nSPS) is 10.3. The molecule has 0 aliphatic rings. The second-order valence-corrected chi connectivity index (χ2v) is 4.69. The van der Waals surface area contributed by atoms with Gasteiger partial charge in [-0.3, -0.25) is 0 Å². The molecule has 0 atom stereocenters. The topological polar surface area (TPSA) is 47.9 Å². The average molecular weight is 280 g/mol. The Hall–Kier alpha value is -1.72. The van der Waals surface area contributed by atoms with Crippen molar-refractivity contribution in [3.05, 3.63) is 40.1 Å². The molecule has 0 bridgehead atoms. The first-order valence-electron chi connectivity index (χ1n) is 5.78. The highest BCUT2D eigenvalue weighted by molar-refractivity contribution is 7.07. The molecule has 0 aliphatic carbocycles. The van der Waals surface area contributed by atoms with E-state index in [1.165, 1.54) is 0 Å². The number of hydrogen-bond donors (Lipinski definition) is 1. The molecule has 0 spiro atoms. The molecule has 1 heterocycles. The zero-order valence-corrected chi connectivity index (χ0v) is 11.7. The molecule has 2 aromatic rings. The molecule has 0 saturated heterocycles. The van der Waals surface area contributed by atoms with E-state index in [2.05, 4.69) is 0 Å². The number of aliphatic hydroxyl groups excluding tert-OH is 1. The van der Waals surface area contributed by atoms with Gasteiger partial charge in [-0.1, -0.05) is 0 Å². The zero-order chi connectivity index (χ0) is 13.7. The minimum Gasteiger partial charge on any atom is -0.493 e. The largest absolute Gasteiger partial charge is 0.493 e. The first kappa shape index (κ1) is 13.7. The van der Waals surface area contributed by atoms with Crippen LogP contribution in [0.15, 0.2) is 29.0 Å². The molecule has 5 heteroatoms. The van der Waals surface area contributed by atoms with Crippen molar-refractivity contribution in [1.29, 1.82) is 0 Å². The van der Waals surface area contributed by atoms with Gasteiger partial charge in [0.1, 0.15) is 6.61 Å². The SMILES string of the molecule is COc1cc(CO)cc(OC)c1OCc1ccsc1. The number of hydrogen-bond acceptors (Lipinski definition) is 5. The molecule has 0 saturated carbocycles. The molecule has 2 rings (SSSR count). The molecular weight excluding hydrogens is 264 g/mol. The van der Waals surface area contributed by atoms with E-state index in [4.69, 9.17) is 14.2 Å². The van der Waals surface area contributed by atoms with Crippen molar-refractivity contribution in [2.75, 3.05) is 14.2 Å². The van der Waals surface area contributed by atoms with Crippen molar-refractivity contribution in [2.45, 2.75) is 13.2 Å². The number of aliphatic hydroxyl groups is 1. The number of benzene rings is 1. The summed E-state index contributed by atoms with van der Waals surface area (Å²) in [4.78, 5) is 0. The van der Waals surface area contributed by atoms with Crippen LogP contribution in [-0.2, 0) is 13.2 Å². The van der Waals surface area contributed by atoms with Crippen LogP contribution in [0.2, 0.25) is 0 Å². The van der Waals surface area contributed by atoms with Crippen molar-refractivity contribution in [1.82, 2.24) is 0 Å². The van der Waals surface area contributed by atoms with Gasteiger partial charge in [-0.05, 0) is 40.1 Å². The van der Waals surface area contributed by atoms with Crippen LogP contribution < -0.4 is 14.2 Å². The van der Waals surface area contributed by atoms with E-state index in [1.54, 1.807) is 37.7 Å². The van der Waals surface area contributed by atoms with Crippen molar-refractivity contribution in [3.8, 4) is 17.2 Å². The van der Waals surface area contributed by atoms with Crippen LogP contribution in [0.1, 0.15) is 11.1 Å². The Labute approximate surface area is 116 Å². The first-order valence-corrected chi connectivity index (χ1v) is 6.72. The maximum Gasteiger partial charge on any atom is 0.203 e. The number of rotatable bonds is 6. The second kappa shape index (κ2) is 6.45. The van der Waals surface area contributed by atoms with Crippen LogP contribution in [0, 0.1) is 0 Å². The quantitative estimate of drug-likeness (QED) is 0.884. The summed E-state index contributed by atoms with van der Waals surface area (Å²) in [6.45, 7) is 0.381. The van der Waals surface area contributed by atoms with Gasteiger partial charge < -0.3 is 19.3 Å². The number of methoxy groups -OCH3 is 2. The van der Waals surface area contributed by atoms with Gasteiger partial charge in [0, 0.05) is 0 Å². The molecule has 0 amide bonds. The summed E-state index contributed by atoms with van der Waals surface area (Å²) < 4.78 is 16.3. The Morgan fingerprint density at radius 2 is 1.79 bits per heavy atom. The lowest BCUT2D eigenvalue weighted by atomic mass is 10.2. The van der Waals surface area contributed by atoms with Gasteiger partial charge in [0.25, 0.3) is 0 Å². The molecule has 1 N–H and O–H groups in total. The lowest BCUT2D eigenvalue weighted by Crippen LogP contribution is -2.00. The van der Waals surface area contributed by atoms with Gasteiger partial charge in [0.2, 0.25) is 5.75 Å². The minimum atomic E-state index is -0.0719. The van der Waals surface area contributed by atoms with Gasteiger partial charge in [-0.15, -0.1) is 0 Å². The highest BCUT2D eigenvalue weighted by Crippen LogP contribution is 2.39. The van der Waals surface area contributed by atoms with E-state index in [-0.39, 0.29) is 6.61 Å². The lowest BCUT2D eigenvalue weighted by Gasteiger charge is -2.15. The Morgan fingerprint density at radius 1 is 1.11 bits per heavy atom. The summed E-state index contributed by atoms with van der Waals surface area (Å²) in [5, 5.41) is 13.2. The lowest BCUT2D eigenvalue weighted by molar-refractivity contribution is 0.260. The molecule has 0 unspecified atom stereocenters. The maximum atomic E-state index is 9.20. The summed E-state index contributed by atoms with van der Waals surface area (Å²) >= 11 is 1.63. The van der Waals surface area contributed by atoms with E-state index in [1.807, 2.05) is 16.8 Å². The van der Waals surface area contributed by atoms with E-state index in [0.29, 0.717) is 23.9 Å². The van der Waals surface area contributed by atoms with Gasteiger partial charge >= 0.3 is 0 Å². The molecule has 4 nitrogen and oxygen atoms in total. The third kappa shape index (κ3) is 3.19. The molecule has 1 aromatic carbocycles. The van der Waals surface area contributed by atoms with Crippen molar-refractivity contribution in [3.63, 3.8) is 0 Å². The highest BCUT2D eigenvalue weighted by Gasteiger charge is 2.14. The van der Waals surface area contributed by atoms with E-state index >= 15 is 0 Å². The Balaban J connectivity index is 2.26. The van der Waals surface area contributed by atoms with Crippen molar-refractivity contribution in [2.24, 2.45) is 0 Å². The average Bonchev–Trinajstić information content (AvgIpc) is 2.97. The fourth-order valence-electron chi connectivity index (χ4n) is 1.70. The fraction of sp³-hybridized carbons (Fsp3) is 0.286. The van der Waals surface area contributed by atoms with E-state index < -0.39 is 0 Å². The van der Waals surface area contributed by atoms with E-state index in [9.17, 15) is 5.11 Å². The second-order valence-electron chi connectivity index (χ2n) is 3.91. The minimum absolute atomic E-state index is 0.0719. The summed E-state index contributed by atoms with van der Waals surface area (Å²) in [6, 6.07) is 5.49. The van der Waals surface area contributed by atoms with Crippen LogP contribution >= 0.6 is 11.3 Å². The molecule has 19 heavy (non-hydrogen) atoms. The van der Waals surface area contributed by atoms with Gasteiger partial charge in [-0.25, -0.2) is 0 Å². The predicted molar refractivity (Wildman–Crippen MR) is 74.1 cm³/mol. The molecule has 0 aliphatic heterocycles. The molecular formula is C14H16O4S. The standard InChI is InChI=1S/C14H16O4S/c1-16-12-5-11(7-15)6-13(17-2)14(12)18-8-10-3-4-19-9-10/h3-6,9,15H,7-8H2,1-2H3. The molecule has 102 valence electrons. The van der Waals surface area contributed by atoms with Crippen LogP contribution in [0.5, 0.6) is 17.2 Å². The monoisotopic (exact) mass is 280 g/mol. The fourth-order valence-corrected chi connectivity index (χ4v) is 2.35. The number of ether oxygens (including phenoxy) is 3. The van der Waals surface area contributed by atoms with Crippen LogP contribution in [0.25, 0.3) is 0 Å². The predicted octanol–water partition coefficient (Wildman–Crippen LogP) is 2.84. The maximum absolute atomic E-state index is 9.20. The van der Waals surface area contributed by atoms with Crippen molar-refractivity contribution >= 4 is 11.3 Å². The molecule has 1 aromatic heterocycles. The molecule has 0 radical (unpaired) electrons. The summed E-state index contributed by atoms with van der Waals surface area (Å²) in [7, 11) is 3.13.